The van der Waals surface area contributed by atoms with Crippen LogP contribution in [0.15, 0.2) is 4.52 Å². The quantitative estimate of drug-likeness (QED) is 0.864. The van der Waals surface area contributed by atoms with Crippen LogP contribution in [0.1, 0.15) is 37.0 Å². The molecule has 0 spiro atoms. The standard InChI is InChI=1S/C13H22N4O2.ClH/c1-9-15-13(19-16-9)12-6-11(18)8-17(12)7-10-2-4-14-5-3-10;/h10-12,14,18H,2-8H2,1H3;1H/t11-,12+;/m0./s1. The van der Waals surface area contributed by atoms with Gasteiger partial charge in [-0.15, -0.1) is 12.4 Å². The zero-order chi connectivity index (χ0) is 13.2. The Balaban J connectivity index is 0.00000147. The minimum Gasteiger partial charge on any atom is -0.392 e. The highest BCUT2D eigenvalue weighted by molar-refractivity contribution is 5.85. The fourth-order valence-electron chi connectivity index (χ4n) is 3.18. The van der Waals surface area contributed by atoms with Crippen molar-refractivity contribution in [3.05, 3.63) is 11.7 Å². The molecule has 3 rings (SSSR count). The van der Waals surface area contributed by atoms with Crippen LogP contribution in [0.3, 0.4) is 0 Å². The highest BCUT2D eigenvalue weighted by Gasteiger charge is 2.36. The molecule has 0 radical (unpaired) electrons. The monoisotopic (exact) mass is 302 g/mol. The summed E-state index contributed by atoms with van der Waals surface area (Å²) in [4.78, 5) is 6.64. The fourth-order valence-corrected chi connectivity index (χ4v) is 3.18. The van der Waals surface area contributed by atoms with Crippen LogP contribution in [0.5, 0.6) is 0 Å². The first kappa shape index (κ1) is 15.7. The second-order valence-electron chi connectivity index (χ2n) is 5.73. The Morgan fingerprint density at radius 1 is 1.40 bits per heavy atom. The van der Waals surface area contributed by atoms with E-state index in [1.807, 2.05) is 6.92 Å². The lowest BCUT2D eigenvalue weighted by Gasteiger charge is -2.29. The highest BCUT2D eigenvalue weighted by atomic mass is 35.5. The normalized spacial score (nSPS) is 28.5. The number of hydrogen-bond donors (Lipinski definition) is 2. The summed E-state index contributed by atoms with van der Waals surface area (Å²) >= 11 is 0. The van der Waals surface area contributed by atoms with Gasteiger partial charge in [0.2, 0.25) is 5.89 Å². The molecular weight excluding hydrogens is 280 g/mol. The summed E-state index contributed by atoms with van der Waals surface area (Å²) < 4.78 is 5.29. The zero-order valence-electron chi connectivity index (χ0n) is 11.8. The third kappa shape index (κ3) is 3.49. The number of β-amino-alcohol motifs (C(OH)–C–C–N with tert-alkyl or cyclic N) is 1. The number of aliphatic hydroxyl groups excluding tert-OH is 1. The van der Waals surface area contributed by atoms with Crippen molar-refractivity contribution < 1.29 is 9.63 Å². The molecule has 6 nitrogen and oxygen atoms in total. The summed E-state index contributed by atoms with van der Waals surface area (Å²) in [6.45, 7) is 5.77. The number of nitrogens with zero attached hydrogens (tertiary/aromatic N) is 3. The van der Waals surface area contributed by atoms with Crippen LogP contribution in [0, 0.1) is 12.8 Å². The fraction of sp³-hybridized carbons (Fsp3) is 0.846. The first-order valence-corrected chi connectivity index (χ1v) is 7.15. The van der Waals surface area contributed by atoms with Crippen molar-refractivity contribution in [3.63, 3.8) is 0 Å². The summed E-state index contributed by atoms with van der Waals surface area (Å²) in [5, 5.41) is 17.2. The maximum Gasteiger partial charge on any atom is 0.244 e. The minimum atomic E-state index is -0.279. The molecule has 114 valence electrons. The number of likely N-dealkylation sites (tertiary alicyclic amines) is 1. The molecule has 0 unspecified atom stereocenters. The molecule has 7 heteroatoms. The van der Waals surface area contributed by atoms with Gasteiger partial charge in [0.15, 0.2) is 5.82 Å². The van der Waals surface area contributed by atoms with Gasteiger partial charge in [-0.1, -0.05) is 5.16 Å². The molecule has 0 aromatic carbocycles. The molecule has 0 aliphatic carbocycles. The third-order valence-corrected chi connectivity index (χ3v) is 4.16. The Morgan fingerprint density at radius 2 is 2.15 bits per heavy atom. The smallest absolute Gasteiger partial charge is 0.244 e. The van der Waals surface area contributed by atoms with E-state index in [1.165, 1.54) is 12.8 Å². The number of hydrogen-bond acceptors (Lipinski definition) is 6. The number of piperidine rings is 1. The number of aliphatic hydroxyl groups is 1. The van der Waals surface area contributed by atoms with Crippen LogP contribution in [0.4, 0.5) is 0 Å². The molecular formula is C13H23ClN4O2. The Bertz CT molecular complexity index is 422. The average molecular weight is 303 g/mol. The lowest BCUT2D eigenvalue weighted by Crippen LogP contribution is -2.36. The first-order chi connectivity index (χ1) is 9.22. The van der Waals surface area contributed by atoms with E-state index in [1.54, 1.807) is 0 Å². The van der Waals surface area contributed by atoms with Crippen molar-refractivity contribution in [2.75, 3.05) is 26.2 Å². The molecule has 1 aromatic heterocycles. The molecule has 2 atom stereocenters. The van der Waals surface area contributed by atoms with Gasteiger partial charge in [-0.05, 0) is 45.2 Å². The van der Waals surface area contributed by atoms with Gasteiger partial charge in [-0.2, -0.15) is 4.98 Å². The number of nitrogens with one attached hydrogen (secondary N) is 1. The van der Waals surface area contributed by atoms with E-state index in [2.05, 4.69) is 20.4 Å². The average Bonchev–Trinajstić information content (AvgIpc) is 2.97. The summed E-state index contributed by atoms with van der Waals surface area (Å²) in [5.74, 6) is 2.03. The molecule has 1 aromatic rings. The SMILES string of the molecule is Cc1noc([C@H]2C[C@H](O)CN2CC2CCNCC2)n1.Cl. The summed E-state index contributed by atoms with van der Waals surface area (Å²) in [7, 11) is 0. The van der Waals surface area contributed by atoms with Crippen LogP contribution in [-0.4, -0.2) is 52.4 Å². The van der Waals surface area contributed by atoms with Crippen molar-refractivity contribution in [3.8, 4) is 0 Å². The van der Waals surface area contributed by atoms with E-state index in [4.69, 9.17) is 4.52 Å². The Kier molecular flexibility index (Phi) is 5.37. The van der Waals surface area contributed by atoms with Crippen LogP contribution in [-0.2, 0) is 0 Å². The van der Waals surface area contributed by atoms with Gasteiger partial charge in [-0.25, -0.2) is 0 Å². The van der Waals surface area contributed by atoms with E-state index in [-0.39, 0.29) is 24.6 Å². The van der Waals surface area contributed by atoms with Gasteiger partial charge in [-0.3, -0.25) is 4.90 Å². The van der Waals surface area contributed by atoms with E-state index in [0.717, 1.165) is 26.2 Å². The molecule has 20 heavy (non-hydrogen) atoms. The Morgan fingerprint density at radius 3 is 2.80 bits per heavy atom. The van der Waals surface area contributed by atoms with Crippen molar-refractivity contribution >= 4 is 12.4 Å². The zero-order valence-corrected chi connectivity index (χ0v) is 12.6. The van der Waals surface area contributed by atoms with Crippen LogP contribution in [0.2, 0.25) is 0 Å². The van der Waals surface area contributed by atoms with Gasteiger partial charge in [0, 0.05) is 13.1 Å². The minimum absolute atomic E-state index is 0. The maximum atomic E-state index is 9.92. The van der Waals surface area contributed by atoms with Crippen molar-refractivity contribution in [2.45, 2.75) is 38.3 Å². The van der Waals surface area contributed by atoms with Crippen LogP contribution < -0.4 is 5.32 Å². The van der Waals surface area contributed by atoms with E-state index < -0.39 is 0 Å². The van der Waals surface area contributed by atoms with Gasteiger partial charge < -0.3 is 14.9 Å². The topological polar surface area (TPSA) is 74.4 Å². The van der Waals surface area contributed by atoms with Gasteiger partial charge in [0.05, 0.1) is 12.1 Å². The first-order valence-electron chi connectivity index (χ1n) is 7.15. The highest BCUT2D eigenvalue weighted by Crippen LogP contribution is 2.32. The van der Waals surface area contributed by atoms with Crippen molar-refractivity contribution in [1.29, 1.82) is 0 Å². The molecule has 2 fully saturated rings. The molecule has 2 N–H and O–H groups in total. The molecule has 0 amide bonds. The van der Waals surface area contributed by atoms with E-state index in [9.17, 15) is 5.11 Å². The summed E-state index contributed by atoms with van der Waals surface area (Å²) in [5.41, 5.74) is 0. The third-order valence-electron chi connectivity index (χ3n) is 4.16. The summed E-state index contributed by atoms with van der Waals surface area (Å²) in [6.07, 6.45) is 2.84. The molecule has 2 saturated heterocycles. The number of aryl methyl sites for hydroxylation is 1. The molecule has 2 aliphatic heterocycles. The van der Waals surface area contributed by atoms with Gasteiger partial charge >= 0.3 is 0 Å². The van der Waals surface area contributed by atoms with Gasteiger partial charge in [0.1, 0.15) is 0 Å². The number of halogens is 1. The summed E-state index contributed by atoms with van der Waals surface area (Å²) in [6, 6.07) is 0.0890. The van der Waals surface area contributed by atoms with Crippen LogP contribution >= 0.6 is 12.4 Å². The van der Waals surface area contributed by atoms with E-state index in [0.29, 0.717) is 24.1 Å². The number of aromatic nitrogens is 2. The van der Waals surface area contributed by atoms with E-state index >= 15 is 0 Å². The predicted octanol–water partition coefficient (Wildman–Crippen LogP) is 0.907. The second kappa shape index (κ2) is 6.85. The number of rotatable bonds is 3. The lowest BCUT2D eigenvalue weighted by atomic mass is 9.97. The second-order valence-corrected chi connectivity index (χ2v) is 5.73. The Hall–Kier alpha value is -0.690. The van der Waals surface area contributed by atoms with Crippen molar-refractivity contribution in [2.24, 2.45) is 5.92 Å². The molecule has 2 aliphatic rings. The molecule has 3 heterocycles. The molecule has 0 saturated carbocycles. The van der Waals surface area contributed by atoms with Crippen molar-refractivity contribution in [1.82, 2.24) is 20.4 Å². The van der Waals surface area contributed by atoms with Crippen LogP contribution in [0.25, 0.3) is 0 Å². The largest absolute Gasteiger partial charge is 0.392 e. The molecule has 0 bridgehead atoms. The van der Waals surface area contributed by atoms with Gasteiger partial charge in [0.25, 0.3) is 0 Å². The Labute approximate surface area is 125 Å². The maximum absolute atomic E-state index is 9.92. The lowest BCUT2D eigenvalue weighted by molar-refractivity contribution is 0.149. The predicted molar refractivity (Wildman–Crippen MR) is 76.8 cm³/mol.